The van der Waals surface area contributed by atoms with Crippen LogP contribution < -0.4 is 15.5 Å². The Morgan fingerprint density at radius 2 is 1.74 bits per heavy atom. The summed E-state index contributed by atoms with van der Waals surface area (Å²) in [5.41, 5.74) is 0.990. The van der Waals surface area contributed by atoms with Crippen LogP contribution in [0.4, 0.5) is 17.1 Å². The number of quaternary nitrogens is 1. The number of nitro groups is 1. The largest absolute Gasteiger partial charge is 0.322 e. The van der Waals surface area contributed by atoms with Gasteiger partial charge in [-0.3, -0.25) is 19.7 Å². The Hall–Kier alpha value is -2.91. The third kappa shape index (κ3) is 6.39. The van der Waals surface area contributed by atoms with E-state index in [1.807, 2.05) is 30.5 Å². The van der Waals surface area contributed by atoms with Crippen molar-refractivity contribution in [1.29, 1.82) is 0 Å². The molecule has 0 saturated carbocycles. The van der Waals surface area contributed by atoms with Gasteiger partial charge in [-0.2, -0.15) is 0 Å². The third-order valence-corrected chi connectivity index (χ3v) is 4.44. The molecule has 0 aromatic heterocycles. The normalized spacial score (nSPS) is 11.5. The zero-order chi connectivity index (χ0) is 19.8. The fourth-order valence-electron chi connectivity index (χ4n) is 2.46. The molecule has 0 aliphatic rings. The minimum Gasteiger partial charge on any atom is -0.322 e. The summed E-state index contributed by atoms with van der Waals surface area (Å²) >= 11 is 1.54. The molecule has 2 rings (SSSR count). The predicted octanol–water partition coefficient (Wildman–Crippen LogP) is 1.41. The zero-order valence-corrected chi connectivity index (χ0v) is 15.8. The highest BCUT2D eigenvalue weighted by molar-refractivity contribution is 7.98. The van der Waals surface area contributed by atoms with Crippen LogP contribution in [0, 0.1) is 10.1 Å². The summed E-state index contributed by atoms with van der Waals surface area (Å²) in [4.78, 5) is 36.2. The van der Waals surface area contributed by atoms with Crippen molar-refractivity contribution in [2.24, 2.45) is 0 Å². The second kappa shape index (κ2) is 9.70. The third-order valence-electron chi connectivity index (χ3n) is 3.65. The molecule has 142 valence electrons. The number of nitro benzene ring substituents is 1. The number of hydrogen-bond acceptors (Lipinski definition) is 5. The van der Waals surface area contributed by atoms with Gasteiger partial charge in [0.25, 0.3) is 17.5 Å². The molecule has 0 radical (unpaired) electrons. The fourth-order valence-corrected chi connectivity index (χ4v) is 3.01. The van der Waals surface area contributed by atoms with E-state index >= 15 is 0 Å². The lowest BCUT2D eigenvalue weighted by Gasteiger charge is -2.14. The summed E-state index contributed by atoms with van der Waals surface area (Å²) in [6.45, 7) is 0.172. The van der Waals surface area contributed by atoms with Gasteiger partial charge in [-0.1, -0.05) is 18.2 Å². The monoisotopic (exact) mass is 389 g/mol. The second-order valence-electron chi connectivity index (χ2n) is 5.91. The number of anilines is 2. The van der Waals surface area contributed by atoms with E-state index in [9.17, 15) is 19.7 Å². The van der Waals surface area contributed by atoms with Gasteiger partial charge < -0.3 is 15.5 Å². The molecule has 2 aromatic carbocycles. The number of para-hydroxylation sites is 1. The van der Waals surface area contributed by atoms with Crippen LogP contribution in [0.3, 0.4) is 0 Å². The molecule has 0 fully saturated rings. The van der Waals surface area contributed by atoms with Gasteiger partial charge in [0, 0.05) is 22.7 Å². The molecule has 27 heavy (non-hydrogen) atoms. The second-order valence-corrected chi connectivity index (χ2v) is 6.76. The molecule has 8 nitrogen and oxygen atoms in total. The number of nitrogens with zero attached hydrogens (tertiary/aromatic N) is 1. The minimum atomic E-state index is -0.524. The summed E-state index contributed by atoms with van der Waals surface area (Å²) in [5, 5.41) is 16.2. The molecule has 0 aliphatic carbocycles. The van der Waals surface area contributed by atoms with Gasteiger partial charge in [0.05, 0.1) is 17.7 Å². The quantitative estimate of drug-likeness (QED) is 0.360. The lowest BCUT2D eigenvalue weighted by Crippen LogP contribution is -3.11. The van der Waals surface area contributed by atoms with Crippen molar-refractivity contribution >= 4 is 40.6 Å². The average Bonchev–Trinajstić information content (AvgIpc) is 2.61. The van der Waals surface area contributed by atoms with Crippen LogP contribution in [0.25, 0.3) is 0 Å². The molecular formula is C18H21N4O4S+. The molecule has 0 bridgehead atoms. The molecule has 0 aliphatic heterocycles. The van der Waals surface area contributed by atoms with Gasteiger partial charge in [-0.05, 0) is 24.5 Å². The topological polar surface area (TPSA) is 106 Å². The van der Waals surface area contributed by atoms with Gasteiger partial charge >= 0.3 is 0 Å². The first-order chi connectivity index (χ1) is 12.9. The SMILES string of the molecule is CSc1ccccc1NC(=O)C[NH+](C)CC(=O)Nc1cccc([N+](=O)[O-])c1. The van der Waals surface area contributed by atoms with E-state index in [1.165, 1.54) is 30.0 Å². The molecule has 2 aromatic rings. The van der Waals surface area contributed by atoms with Gasteiger partial charge in [0.2, 0.25) is 0 Å². The van der Waals surface area contributed by atoms with Crippen LogP contribution >= 0.6 is 11.8 Å². The number of benzene rings is 2. The average molecular weight is 389 g/mol. The van der Waals surface area contributed by atoms with Crippen LogP contribution in [0.15, 0.2) is 53.4 Å². The van der Waals surface area contributed by atoms with E-state index in [0.29, 0.717) is 10.6 Å². The molecule has 0 spiro atoms. The number of likely N-dealkylation sites (N-methyl/N-ethyl adjacent to an activating group) is 1. The number of rotatable bonds is 8. The molecule has 3 N–H and O–H groups in total. The van der Waals surface area contributed by atoms with Crippen molar-refractivity contribution in [3.05, 3.63) is 58.6 Å². The van der Waals surface area contributed by atoms with Gasteiger partial charge in [-0.25, -0.2) is 0 Å². The molecular weight excluding hydrogens is 368 g/mol. The van der Waals surface area contributed by atoms with Crippen molar-refractivity contribution < 1.29 is 19.4 Å². The molecule has 1 atom stereocenters. The van der Waals surface area contributed by atoms with Gasteiger partial charge in [0.15, 0.2) is 13.1 Å². The zero-order valence-electron chi connectivity index (χ0n) is 15.0. The smallest absolute Gasteiger partial charge is 0.279 e. The summed E-state index contributed by atoms with van der Waals surface area (Å²) < 4.78 is 0. The lowest BCUT2D eigenvalue weighted by molar-refractivity contribution is -0.862. The van der Waals surface area contributed by atoms with Gasteiger partial charge in [-0.15, -0.1) is 11.8 Å². The molecule has 1 unspecified atom stereocenters. The van der Waals surface area contributed by atoms with E-state index in [2.05, 4.69) is 10.6 Å². The number of nitrogens with one attached hydrogen (secondary N) is 3. The van der Waals surface area contributed by atoms with E-state index in [4.69, 9.17) is 0 Å². The van der Waals surface area contributed by atoms with Crippen LogP contribution in [-0.4, -0.2) is 43.1 Å². The number of non-ortho nitro benzene ring substituents is 1. The first-order valence-corrected chi connectivity index (χ1v) is 9.40. The number of thioether (sulfide) groups is 1. The van der Waals surface area contributed by atoms with Crippen LogP contribution in [0.2, 0.25) is 0 Å². The van der Waals surface area contributed by atoms with Crippen molar-refractivity contribution in [3.63, 3.8) is 0 Å². The summed E-state index contributed by atoms with van der Waals surface area (Å²) in [6, 6.07) is 13.2. The van der Waals surface area contributed by atoms with Gasteiger partial charge in [0.1, 0.15) is 0 Å². The van der Waals surface area contributed by atoms with Crippen LogP contribution in [0.1, 0.15) is 0 Å². The van der Waals surface area contributed by atoms with Crippen molar-refractivity contribution in [2.45, 2.75) is 4.90 Å². The van der Waals surface area contributed by atoms with Crippen LogP contribution in [0.5, 0.6) is 0 Å². The van der Waals surface area contributed by atoms with E-state index in [1.54, 1.807) is 13.1 Å². The molecule has 9 heteroatoms. The Labute approximate surface area is 161 Å². The maximum Gasteiger partial charge on any atom is 0.279 e. The highest BCUT2D eigenvalue weighted by atomic mass is 32.2. The highest BCUT2D eigenvalue weighted by Crippen LogP contribution is 2.24. The maximum absolute atomic E-state index is 12.2. The standard InChI is InChI=1S/C18H20N4O4S/c1-21(12-18(24)20-15-8-3-4-9-16(15)27-2)11-17(23)19-13-6-5-7-14(10-13)22(25)26/h3-10H,11-12H2,1-2H3,(H,19,23)(H,20,24)/p+1. The number of carbonyl (C=O) groups is 2. The summed E-state index contributed by atoms with van der Waals surface area (Å²) in [5.74, 6) is -0.525. The predicted molar refractivity (Wildman–Crippen MR) is 105 cm³/mol. The van der Waals surface area contributed by atoms with E-state index < -0.39 is 4.92 Å². The Morgan fingerprint density at radius 3 is 2.41 bits per heavy atom. The molecule has 2 amide bonds. The van der Waals surface area contributed by atoms with Crippen LogP contribution in [-0.2, 0) is 9.59 Å². The summed E-state index contributed by atoms with van der Waals surface area (Å²) in [7, 11) is 1.73. The number of hydrogen-bond donors (Lipinski definition) is 3. The van der Waals surface area contributed by atoms with Crippen molar-refractivity contribution in [3.8, 4) is 0 Å². The highest BCUT2D eigenvalue weighted by Gasteiger charge is 2.16. The van der Waals surface area contributed by atoms with Crippen molar-refractivity contribution in [1.82, 2.24) is 0 Å². The first-order valence-electron chi connectivity index (χ1n) is 8.17. The first kappa shape index (κ1) is 20.4. The Morgan fingerprint density at radius 1 is 1.07 bits per heavy atom. The summed E-state index contributed by atoms with van der Waals surface area (Å²) in [6.07, 6.45) is 1.93. The van der Waals surface area contributed by atoms with E-state index in [0.717, 1.165) is 10.6 Å². The Kier molecular flexibility index (Phi) is 7.33. The maximum atomic E-state index is 12.2. The lowest BCUT2D eigenvalue weighted by atomic mass is 10.3. The molecule has 0 heterocycles. The van der Waals surface area contributed by atoms with E-state index in [-0.39, 0.29) is 30.6 Å². The van der Waals surface area contributed by atoms with Crippen molar-refractivity contribution in [2.75, 3.05) is 37.0 Å². The minimum absolute atomic E-state index is 0.0558. The number of carbonyl (C=O) groups excluding carboxylic acids is 2. The number of amides is 2. The molecule has 0 saturated heterocycles. The Balaban J connectivity index is 1.86. The fraction of sp³-hybridized carbons (Fsp3) is 0.222. The Bertz CT molecular complexity index is 844.